The zero-order valence-electron chi connectivity index (χ0n) is 15.1. The highest BCUT2D eigenvalue weighted by molar-refractivity contribution is 6.21. The average molecular weight is 371 g/mol. The maximum Gasteiger partial charge on any atom is 0.333 e. The van der Waals surface area contributed by atoms with Crippen molar-refractivity contribution < 1.29 is 23.8 Å². The van der Waals surface area contributed by atoms with Crippen molar-refractivity contribution in [2.75, 3.05) is 31.3 Å². The number of nitrogens with one attached hydrogen (secondary N) is 2. The van der Waals surface area contributed by atoms with Crippen LogP contribution >= 0.6 is 0 Å². The Morgan fingerprint density at radius 1 is 1.07 bits per heavy atom. The van der Waals surface area contributed by atoms with E-state index < -0.39 is 18.0 Å². The first-order chi connectivity index (χ1) is 12.8. The molecule has 2 aliphatic heterocycles. The van der Waals surface area contributed by atoms with Crippen LogP contribution in [-0.2, 0) is 14.4 Å². The second-order valence-electron chi connectivity index (χ2n) is 6.22. The number of carbonyl (C=O) groups is 4. The molecule has 2 N–H and O–H groups in total. The number of urea groups is 1. The van der Waals surface area contributed by atoms with Crippen molar-refractivity contribution in [3.8, 4) is 0 Å². The summed E-state index contributed by atoms with van der Waals surface area (Å²) in [5, 5.41) is 5.36. The summed E-state index contributed by atoms with van der Waals surface area (Å²) >= 11 is 0. The summed E-state index contributed by atoms with van der Waals surface area (Å²) < 4.78 is 1.48. The number of amides is 5. The first kappa shape index (κ1) is 18.2. The van der Waals surface area contributed by atoms with Crippen molar-refractivity contribution in [1.29, 1.82) is 0 Å². The standard InChI is InChI=1S/C17H18N6O4/c1-10(24)19-11-4-6-12(7-5-11)20-13(25)8-23-9-18-15-14(23)16(26)22(3)17(27)21(15)2/h4-7,9,14H,8H2,1-3H3,(H-,19,20,24,25)/p+1. The Hall–Kier alpha value is -3.56. The van der Waals surface area contributed by atoms with Gasteiger partial charge in [-0.3, -0.25) is 24.2 Å². The van der Waals surface area contributed by atoms with Crippen molar-refractivity contribution in [3.05, 3.63) is 24.3 Å². The lowest BCUT2D eigenvalue weighted by atomic mass is 10.1. The molecule has 5 amide bonds. The predicted octanol–water partition coefficient (Wildman–Crippen LogP) is -0.0712. The van der Waals surface area contributed by atoms with Gasteiger partial charge in [-0.2, -0.15) is 0 Å². The summed E-state index contributed by atoms with van der Waals surface area (Å²) in [6.45, 7) is 1.31. The summed E-state index contributed by atoms with van der Waals surface area (Å²) in [5.41, 5.74) is 1.17. The van der Waals surface area contributed by atoms with Gasteiger partial charge in [0.05, 0.1) is 0 Å². The van der Waals surface area contributed by atoms with Crippen molar-refractivity contribution in [2.24, 2.45) is 4.99 Å². The molecule has 1 atom stereocenters. The number of amidine groups is 1. The van der Waals surface area contributed by atoms with E-state index in [9.17, 15) is 19.2 Å². The Morgan fingerprint density at radius 3 is 2.26 bits per heavy atom. The van der Waals surface area contributed by atoms with Crippen LogP contribution < -0.4 is 10.6 Å². The molecule has 1 unspecified atom stereocenters. The van der Waals surface area contributed by atoms with Gasteiger partial charge in [0, 0.05) is 32.4 Å². The van der Waals surface area contributed by atoms with Crippen LogP contribution in [0.15, 0.2) is 29.3 Å². The molecule has 3 rings (SSSR count). The molecule has 10 heteroatoms. The third kappa shape index (κ3) is 3.54. The largest absolute Gasteiger partial charge is 0.333 e. The highest BCUT2D eigenvalue weighted by atomic mass is 16.2. The molecule has 0 aliphatic carbocycles. The van der Waals surface area contributed by atoms with E-state index >= 15 is 0 Å². The van der Waals surface area contributed by atoms with Crippen molar-refractivity contribution >= 4 is 47.3 Å². The van der Waals surface area contributed by atoms with Crippen LogP contribution in [0.1, 0.15) is 6.92 Å². The van der Waals surface area contributed by atoms with Gasteiger partial charge >= 0.3 is 6.03 Å². The average Bonchev–Trinajstić information content (AvgIpc) is 3.03. The van der Waals surface area contributed by atoms with E-state index in [-0.39, 0.29) is 18.4 Å². The fourth-order valence-electron chi connectivity index (χ4n) is 2.88. The molecule has 0 bridgehead atoms. The van der Waals surface area contributed by atoms with Gasteiger partial charge in [-0.1, -0.05) is 0 Å². The number of rotatable bonds is 4. The highest BCUT2D eigenvalue weighted by Gasteiger charge is 2.50. The van der Waals surface area contributed by atoms with Crippen LogP contribution in [0.4, 0.5) is 16.2 Å². The summed E-state index contributed by atoms with van der Waals surface area (Å²) in [6.07, 6.45) is 1.39. The third-order valence-electron chi connectivity index (χ3n) is 4.21. The second kappa shape index (κ2) is 6.98. The molecule has 0 radical (unpaired) electrons. The van der Waals surface area contributed by atoms with E-state index in [1.54, 1.807) is 24.3 Å². The Morgan fingerprint density at radius 2 is 1.67 bits per heavy atom. The minimum absolute atomic E-state index is 0.104. The molecule has 27 heavy (non-hydrogen) atoms. The molecule has 10 nitrogen and oxygen atoms in total. The zero-order valence-corrected chi connectivity index (χ0v) is 15.1. The quantitative estimate of drug-likeness (QED) is 0.721. The molecule has 2 heterocycles. The number of likely N-dealkylation sites (N-methyl/N-ethyl adjacent to an activating group) is 2. The van der Waals surface area contributed by atoms with E-state index in [0.717, 1.165) is 4.90 Å². The summed E-state index contributed by atoms with van der Waals surface area (Å²) in [6, 6.07) is 5.38. The first-order valence-electron chi connectivity index (χ1n) is 8.17. The van der Waals surface area contributed by atoms with Gasteiger partial charge in [0.1, 0.15) is 0 Å². The minimum Gasteiger partial charge on any atom is -0.326 e. The molecule has 1 aromatic carbocycles. The van der Waals surface area contributed by atoms with Gasteiger partial charge in [0.2, 0.25) is 5.91 Å². The van der Waals surface area contributed by atoms with Crippen molar-refractivity contribution in [1.82, 2.24) is 9.80 Å². The van der Waals surface area contributed by atoms with E-state index in [1.807, 2.05) is 0 Å². The lowest BCUT2D eigenvalue weighted by Gasteiger charge is -2.30. The Bertz CT molecular complexity index is 889. The van der Waals surface area contributed by atoms with Crippen LogP contribution in [-0.4, -0.2) is 77.0 Å². The van der Waals surface area contributed by atoms with E-state index in [0.29, 0.717) is 17.2 Å². The summed E-state index contributed by atoms with van der Waals surface area (Å²) in [5.74, 6) is -0.656. The fraction of sp³-hybridized carbons (Fsp3) is 0.294. The minimum atomic E-state index is -0.800. The molecular formula is C17H19N6O4+. The van der Waals surface area contributed by atoms with E-state index in [4.69, 9.17) is 0 Å². The topological polar surface area (TPSA) is 114 Å². The molecule has 140 valence electrons. The Labute approximate surface area is 155 Å². The van der Waals surface area contributed by atoms with Crippen LogP contribution in [0.2, 0.25) is 0 Å². The van der Waals surface area contributed by atoms with E-state index in [1.165, 1.54) is 36.8 Å². The Kier molecular flexibility index (Phi) is 4.72. The van der Waals surface area contributed by atoms with Gasteiger partial charge in [0.25, 0.3) is 30.0 Å². The Balaban J connectivity index is 1.64. The number of anilines is 2. The van der Waals surface area contributed by atoms with Crippen LogP contribution in [0.3, 0.4) is 0 Å². The van der Waals surface area contributed by atoms with Gasteiger partial charge < -0.3 is 10.6 Å². The SMILES string of the molecule is CC(=O)Nc1ccc(NC(=O)C[N+]2=CN=C3C2C(=O)N(C)C(=O)N3C)cc1. The van der Waals surface area contributed by atoms with Crippen molar-refractivity contribution in [3.63, 3.8) is 0 Å². The number of hydrogen-bond acceptors (Lipinski definition) is 5. The van der Waals surface area contributed by atoms with E-state index in [2.05, 4.69) is 15.6 Å². The number of hydrogen-bond donors (Lipinski definition) is 2. The lowest BCUT2D eigenvalue weighted by molar-refractivity contribution is -0.519. The van der Waals surface area contributed by atoms with Gasteiger partial charge in [-0.25, -0.2) is 9.37 Å². The van der Waals surface area contributed by atoms with Crippen LogP contribution in [0, 0.1) is 0 Å². The van der Waals surface area contributed by atoms with Gasteiger partial charge in [-0.05, 0) is 29.3 Å². The number of fused-ring (bicyclic) bond motifs is 1. The molecule has 0 aromatic heterocycles. The number of aliphatic imine (C=N–C) groups is 1. The molecule has 1 fully saturated rings. The lowest BCUT2D eigenvalue weighted by Crippen LogP contribution is -2.61. The number of imide groups is 1. The summed E-state index contributed by atoms with van der Waals surface area (Å²) in [4.78, 5) is 54.1. The normalized spacial score (nSPS) is 18.7. The smallest absolute Gasteiger partial charge is 0.326 e. The predicted molar refractivity (Wildman–Crippen MR) is 97.7 cm³/mol. The molecule has 1 aromatic rings. The maximum absolute atomic E-state index is 12.4. The fourth-order valence-corrected chi connectivity index (χ4v) is 2.88. The van der Waals surface area contributed by atoms with Crippen LogP contribution in [0.5, 0.6) is 0 Å². The zero-order chi connectivity index (χ0) is 19.7. The van der Waals surface area contributed by atoms with Gasteiger partial charge in [-0.15, -0.1) is 0 Å². The number of benzene rings is 1. The van der Waals surface area contributed by atoms with Gasteiger partial charge in [0.15, 0.2) is 6.54 Å². The van der Waals surface area contributed by atoms with Crippen molar-refractivity contribution in [2.45, 2.75) is 13.0 Å². The molecule has 0 spiro atoms. The summed E-state index contributed by atoms with van der Waals surface area (Å²) in [7, 11) is 2.93. The molecule has 2 aliphatic rings. The maximum atomic E-state index is 12.4. The number of carbonyl (C=O) groups excluding carboxylic acids is 4. The first-order valence-corrected chi connectivity index (χ1v) is 8.17. The number of nitrogens with zero attached hydrogens (tertiary/aromatic N) is 4. The highest BCUT2D eigenvalue weighted by Crippen LogP contribution is 2.17. The molecular weight excluding hydrogens is 352 g/mol. The monoisotopic (exact) mass is 371 g/mol. The van der Waals surface area contributed by atoms with Crippen LogP contribution in [0.25, 0.3) is 0 Å². The molecule has 1 saturated heterocycles. The second-order valence-corrected chi connectivity index (χ2v) is 6.22. The third-order valence-corrected chi connectivity index (χ3v) is 4.21. The molecule has 0 saturated carbocycles.